The fourth-order valence-corrected chi connectivity index (χ4v) is 1.56. The van der Waals surface area contributed by atoms with Crippen molar-refractivity contribution >= 4 is 5.84 Å². The van der Waals surface area contributed by atoms with Crippen molar-refractivity contribution in [2.75, 3.05) is 0 Å². The first kappa shape index (κ1) is 12.5. The zero-order valence-corrected chi connectivity index (χ0v) is 10.3. The number of nitrogens with one attached hydrogen (secondary N) is 1. The molecule has 0 aliphatic rings. The predicted molar refractivity (Wildman–Crippen MR) is 77.8 cm³/mol. The van der Waals surface area contributed by atoms with Crippen molar-refractivity contribution in [2.24, 2.45) is 5.73 Å². The van der Waals surface area contributed by atoms with E-state index >= 15 is 0 Å². The van der Waals surface area contributed by atoms with Gasteiger partial charge in [0, 0.05) is 22.3 Å². The largest absolute Gasteiger partial charge is 0.384 e. The van der Waals surface area contributed by atoms with Gasteiger partial charge in [-0.1, -0.05) is 36.0 Å². The Bertz CT molecular complexity index is 707. The molecule has 0 aliphatic heterocycles. The third-order valence-electron chi connectivity index (χ3n) is 2.58. The van der Waals surface area contributed by atoms with Crippen LogP contribution in [0.15, 0.2) is 48.5 Å². The van der Waals surface area contributed by atoms with Crippen molar-refractivity contribution in [1.29, 1.82) is 5.41 Å². The summed E-state index contributed by atoms with van der Waals surface area (Å²) in [5.74, 6) is 8.74. The van der Waals surface area contributed by atoms with Crippen LogP contribution in [0.1, 0.15) is 22.3 Å². The summed E-state index contributed by atoms with van der Waals surface area (Å²) < 4.78 is 0. The first-order valence-corrected chi connectivity index (χ1v) is 5.72. The Labute approximate surface area is 112 Å². The summed E-state index contributed by atoms with van der Waals surface area (Å²) in [6.07, 6.45) is 5.34. The number of rotatable bonds is 1. The second kappa shape index (κ2) is 5.58. The molecule has 2 rings (SSSR count). The van der Waals surface area contributed by atoms with Crippen molar-refractivity contribution in [3.05, 3.63) is 70.8 Å². The molecule has 19 heavy (non-hydrogen) atoms. The highest BCUT2D eigenvalue weighted by Crippen LogP contribution is 2.05. The molecule has 3 N–H and O–H groups in total. The lowest BCUT2D eigenvalue weighted by molar-refractivity contribution is 1.42. The van der Waals surface area contributed by atoms with Gasteiger partial charge in [-0.15, -0.1) is 6.42 Å². The van der Waals surface area contributed by atoms with Gasteiger partial charge in [-0.3, -0.25) is 5.41 Å². The summed E-state index contributed by atoms with van der Waals surface area (Å²) in [7, 11) is 0. The molecule has 0 atom stereocenters. The maximum absolute atomic E-state index is 7.31. The molecule has 2 aromatic rings. The van der Waals surface area contributed by atoms with Gasteiger partial charge in [0.25, 0.3) is 0 Å². The standard InChI is InChI=1S/C17H12N2/c1-2-13-4-3-5-15(12-13)7-6-14-8-10-16(11-9-14)17(18)19/h1,3-5,8-12H,(H3,18,19). The summed E-state index contributed by atoms with van der Waals surface area (Å²) >= 11 is 0. The molecule has 0 radical (unpaired) electrons. The van der Waals surface area contributed by atoms with E-state index in [-0.39, 0.29) is 5.84 Å². The summed E-state index contributed by atoms with van der Waals surface area (Å²) in [6, 6.07) is 14.8. The molecule has 0 heterocycles. The second-order valence-corrected chi connectivity index (χ2v) is 3.97. The van der Waals surface area contributed by atoms with E-state index in [1.54, 1.807) is 12.1 Å². The lowest BCUT2D eigenvalue weighted by Crippen LogP contribution is -2.10. The van der Waals surface area contributed by atoms with Crippen LogP contribution in [0.2, 0.25) is 0 Å². The average Bonchev–Trinajstić information content (AvgIpc) is 2.46. The molecule has 2 heteroatoms. The van der Waals surface area contributed by atoms with E-state index in [9.17, 15) is 0 Å². The fraction of sp³-hybridized carbons (Fsp3) is 0. The van der Waals surface area contributed by atoms with Crippen molar-refractivity contribution < 1.29 is 0 Å². The van der Waals surface area contributed by atoms with Gasteiger partial charge < -0.3 is 5.73 Å². The Morgan fingerprint density at radius 2 is 1.58 bits per heavy atom. The predicted octanol–water partition coefficient (Wildman–Crippen LogP) is 2.35. The van der Waals surface area contributed by atoms with Crippen LogP contribution in [0.25, 0.3) is 0 Å². The van der Waals surface area contributed by atoms with Crippen LogP contribution in [0.4, 0.5) is 0 Å². The molecule has 0 aromatic heterocycles. The number of nitrogen functional groups attached to an aromatic ring is 1. The molecular formula is C17H12N2. The third kappa shape index (κ3) is 3.25. The Morgan fingerprint density at radius 1 is 0.947 bits per heavy atom. The van der Waals surface area contributed by atoms with Gasteiger partial charge in [0.15, 0.2) is 0 Å². The smallest absolute Gasteiger partial charge is 0.122 e. The minimum Gasteiger partial charge on any atom is -0.384 e. The van der Waals surface area contributed by atoms with Crippen LogP contribution in [-0.2, 0) is 0 Å². The zero-order chi connectivity index (χ0) is 13.7. The zero-order valence-electron chi connectivity index (χ0n) is 10.3. The van der Waals surface area contributed by atoms with Crippen molar-refractivity contribution in [3.8, 4) is 24.2 Å². The van der Waals surface area contributed by atoms with E-state index in [0.717, 1.165) is 16.7 Å². The second-order valence-electron chi connectivity index (χ2n) is 3.97. The van der Waals surface area contributed by atoms with E-state index < -0.39 is 0 Å². The van der Waals surface area contributed by atoms with Gasteiger partial charge in [-0.25, -0.2) is 0 Å². The highest BCUT2D eigenvalue weighted by molar-refractivity contribution is 5.94. The summed E-state index contributed by atoms with van der Waals surface area (Å²) in [5.41, 5.74) is 8.65. The summed E-state index contributed by atoms with van der Waals surface area (Å²) in [4.78, 5) is 0. The van der Waals surface area contributed by atoms with Crippen molar-refractivity contribution in [2.45, 2.75) is 0 Å². The molecule has 0 aliphatic carbocycles. The van der Waals surface area contributed by atoms with Gasteiger partial charge in [-0.2, -0.15) is 0 Å². The monoisotopic (exact) mass is 244 g/mol. The lowest BCUT2D eigenvalue weighted by atomic mass is 10.1. The van der Waals surface area contributed by atoms with Crippen molar-refractivity contribution in [1.82, 2.24) is 0 Å². The summed E-state index contributed by atoms with van der Waals surface area (Å²) in [5, 5.41) is 7.31. The molecule has 90 valence electrons. The first-order valence-electron chi connectivity index (χ1n) is 5.72. The van der Waals surface area contributed by atoms with E-state index in [2.05, 4.69) is 17.8 Å². The topological polar surface area (TPSA) is 49.9 Å². The van der Waals surface area contributed by atoms with Gasteiger partial charge in [0.1, 0.15) is 5.84 Å². The van der Waals surface area contributed by atoms with E-state index in [1.165, 1.54) is 0 Å². The lowest BCUT2D eigenvalue weighted by Gasteiger charge is -1.97. The normalized spacial score (nSPS) is 9.00. The quantitative estimate of drug-likeness (QED) is 0.451. The Balaban J connectivity index is 2.24. The van der Waals surface area contributed by atoms with Crippen molar-refractivity contribution in [3.63, 3.8) is 0 Å². The van der Waals surface area contributed by atoms with Crippen LogP contribution < -0.4 is 5.73 Å². The van der Waals surface area contributed by atoms with Gasteiger partial charge in [-0.05, 0) is 30.3 Å². The maximum atomic E-state index is 7.31. The molecule has 2 aromatic carbocycles. The van der Waals surface area contributed by atoms with Crippen LogP contribution in [0, 0.1) is 29.6 Å². The van der Waals surface area contributed by atoms with Gasteiger partial charge in [0.2, 0.25) is 0 Å². The SMILES string of the molecule is C#Cc1cccc(C#Cc2ccc(C(=N)N)cc2)c1. The molecule has 0 unspecified atom stereocenters. The molecule has 0 fully saturated rings. The van der Waals surface area contributed by atoms with E-state index in [0.29, 0.717) is 5.56 Å². The van der Waals surface area contributed by atoms with Crippen LogP contribution in [0.3, 0.4) is 0 Å². The number of hydrogen-bond donors (Lipinski definition) is 2. The third-order valence-corrected chi connectivity index (χ3v) is 2.58. The Hall–Kier alpha value is -2.97. The molecular weight excluding hydrogens is 232 g/mol. The van der Waals surface area contributed by atoms with Gasteiger partial charge in [0.05, 0.1) is 0 Å². The minimum absolute atomic E-state index is 0.0567. The molecule has 0 amide bonds. The molecule has 0 saturated heterocycles. The van der Waals surface area contributed by atoms with Gasteiger partial charge >= 0.3 is 0 Å². The van der Waals surface area contributed by atoms with Crippen LogP contribution in [-0.4, -0.2) is 5.84 Å². The highest BCUT2D eigenvalue weighted by atomic mass is 14.7. The molecule has 0 spiro atoms. The molecule has 0 bridgehead atoms. The fourth-order valence-electron chi connectivity index (χ4n) is 1.56. The molecule has 2 nitrogen and oxygen atoms in total. The minimum atomic E-state index is 0.0567. The summed E-state index contributed by atoms with van der Waals surface area (Å²) in [6.45, 7) is 0. The van der Waals surface area contributed by atoms with Crippen LogP contribution >= 0.6 is 0 Å². The number of amidine groups is 1. The number of nitrogens with two attached hydrogens (primary N) is 1. The average molecular weight is 244 g/mol. The number of hydrogen-bond acceptors (Lipinski definition) is 1. The van der Waals surface area contributed by atoms with Crippen LogP contribution in [0.5, 0.6) is 0 Å². The van der Waals surface area contributed by atoms with E-state index in [4.69, 9.17) is 17.6 Å². The number of benzene rings is 2. The highest BCUT2D eigenvalue weighted by Gasteiger charge is 1.94. The Kier molecular flexibility index (Phi) is 3.67. The Morgan fingerprint density at radius 3 is 2.21 bits per heavy atom. The molecule has 0 saturated carbocycles. The first-order chi connectivity index (χ1) is 9.19. The maximum Gasteiger partial charge on any atom is 0.122 e. The van der Waals surface area contributed by atoms with E-state index in [1.807, 2.05) is 36.4 Å². The number of terminal acetylenes is 1.